The minimum absolute atomic E-state index is 0.0800. The molecule has 0 atom stereocenters. The molecule has 0 saturated heterocycles. The summed E-state index contributed by atoms with van der Waals surface area (Å²) in [7, 11) is 1.36. The first-order valence-electron chi connectivity index (χ1n) is 8.53. The van der Waals surface area contributed by atoms with Gasteiger partial charge >= 0.3 is 5.97 Å². The molecule has 1 amide bonds. The van der Waals surface area contributed by atoms with Gasteiger partial charge in [0.1, 0.15) is 0 Å². The number of hydrogen-bond acceptors (Lipinski definition) is 3. The smallest absolute Gasteiger partial charge is 0.340 e. The van der Waals surface area contributed by atoms with Crippen LogP contribution >= 0.6 is 0 Å². The van der Waals surface area contributed by atoms with E-state index in [1.165, 1.54) is 13.5 Å². The number of ether oxygens (including phenoxy) is 1. The van der Waals surface area contributed by atoms with Gasteiger partial charge in [-0.1, -0.05) is 49.6 Å². The van der Waals surface area contributed by atoms with Gasteiger partial charge in [-0.2, -0.15) is 0 Å². The molecule has 0 spiro atoms. The van der Waals surface area contributed by atoms with Gasteiger partial charge in [0.15, 0.2) is 0 Å². The summed E-state index contributed by atoms with van der Waals surface area (Å²) in [6.07, 6.45) is 7.27. The number of allylic oxidation sites excluding steroid dienone is 1. The third kappa shape index (κ3) is 3.01. The second-order valence-electron chi connectivity index (χ2n) is 6.39. The van der Waals surface area contributed by atoms with E-state index in [2.05, 4.69) is 0 Å². The molecule has 24 heavy (non-hydrogen) atoms. The molecular weight excluding hydrogens is 302 g/mol. The lowest BCUT2D eigenvalue weighted by atomic mass is 9.94. The van der Waals surface area contributed by atoms with Gasteiger partial charge in [-0.05, 0) is 31.4 Å². The summed E-state index contributed by atoms with van der Waals surface area (Å²) in [6, 6.07) is 9.79. The van der Waals surface area contributed by atoms with Crippen molar-refractivity contribution in [3.05, 3.63) is 52.7 Å². The molecular formula is C20H23NO3. The molecule has 0 N–H and O–H groups in total. The van der Waals surface area contributed by atoms with Gasteiger partial charge in [-0.15, -0.1) is 0 Å². The van der Waals surface area contributed by atoms with E-state index in [0.29, 0.717) is 11.1 Å². The van der Waals surface area contributed by atoms with Gasteiger partial charge in [-0.3, -0.25) is 4.79 Å². The van der Waals surface area contributed by atoms with Crippen molar-refractivity contribution in [2.45, 2.75) is 45.1 Å². The van der Waals surface area contributed by atoms with Crippen LogP contribution in [0.5, 0.6) is 0 Å². The van der Waals surface area contributed by atoms with E-state index in [0.717, 1.165) is 36.9 Å². The van der Waals surface area contributed by atoms with Crippen molar-refractivity contribution < 1.29 is 14.3 Å². The zero-order valence-electron chi connectivity index (χ0n) is 14.2. The van der Waals surface area contributed by atoms with Crippen LogP contribution in [-0.4, -0.2) is 29.9 Å². The van der Waals surface area contributed by atoms with E-state index in [-0.39, 0.29) is 11.9 Å². The Kier molecular flexibility index (Phi) is 4.84. The number of carbonyl (C=O) groups excluding carboxylic acids is 2. The molecule has 2 aliphatic rings. The van der Waals surface area contributed by atoms with E-state index in [9.17, 15) is 9.59 Å². The summed E-state index contributed by atoms with van der Waals surface area (Å²) in [6.45, 7) is 1.85. The second-order valence-corrected chi connectivity index (χ2v) is 6.39. The van der Waals surface area contributed by atoms with E-state index in [1.54, 1.807) is 6.08 Å². The first kappa shape index (κ1) is 16.5. The van der Waals surface area contributed by atoms with Crippen molar-refractivity contribution in [2.24, 2.45) is 0 Å². The summed E-state index contributed by atoms with van der Waals surface area (Å²) in [5, 5.41) is 0. The van der Waals surface area contributed by atoms with Crippen LogP contribution in [0, 0.1) is 0 Å². The summed E-state index contributed by atoms with van der Waals surface area (Å²) in [5.41, 5.74) is 2.47. The average molecular weight is 325 g/mol. The van der Waals surface area contributed by atoms with E-state index in [1.807, 2.05) is 42.2 Å². The Balaban J connectivity index is 2.03. The quantitative estimate of drug-likeness (QED) is 0.629. The molecule has 3 rings (SSSR count). The highest BCUT2D eigenvalue weighted by atomic mass is 16.5. The number of methoxy groups -OCH3 is 1. The van der Waals surface area contributed by atoms with Crippen molar-refractivity contribution in [2.75, 3.05) is 7.11 Å². The molecule has 0 radical (unpaired) electrons. The third-order valence-corrected chi connectivity index (χ3v) is 4.88. The van der Waals surface area contributed by atoms with Gasteiger partial charge in [-0.25, -0.2) is 4.79 Å². The number of nitrogens with zero attached hydrogens (tertiary/aromatic N) is 1. The standard InChI is InChI=1S/C20H23NO3/c1-14-18(20(23)24-2)17(13-15-9-5-3-6-10-15)19(22)21(14)16-11-7-4-8-12-16/h3,5-6,9-10,13,16H,4,7-8,11-12H2,1-2H3/b17-13-. The molecule has 1 fully saturated rings. The molecule has 0 bridgehead atoms. The van der Waals surface area contributed by atoms with Gasteiger partial charge in [0, 0.05) is 11.7 Å². The zero-order valence-corrected chi connectivity index (χ0v) is 14.2. The normalized spacial score (nSPS) is 20.8. The molecule has 0 unspecified atom stereocenters. The molecule has 1 aromatic carbocycles. The molecule has 0 aromatic heterocycles. The number of rotatable bonds is 3. The molecule has 1 heterocycles. The molecule has 4 heteroatoms. The lowest BCUT2D eigenvalue weighted by Crippen LogP contribution is -2.37. The molecule has 1 aliphatic carbocycles. The van der Waals surface area contributed by atoms with Crippen LogP contribution in [0.1, 0.15) is 44.6 Å². The monoisotopic (exact) mass is 325 g/mol. The Morgan fingerprint density at radius 3 is 2.46 bits per heavy atom. The van der Waals surface area contributed by atoms with E-state index < -0.39 is 5.97 Å². The second kappa shape index (κ2) is 7.04. The maximum atomic E-state index is 13.1. The lowest BCUT2D eigenvalue weighted by Gasteiger charge is -2.32. The van der Waals surface area contributed by atoms with Crippen molar-refractivity contribution in [1.29, 1.82) is 0 Å². The largest absolute Gasteiger partial charge is 0.465 e. The van der Waals surface area contributed by atoms with Crippen molar-refractivity contribution in [3.63, 3.8) is 0 Å². The van der Waals surface area contributed by atoms with Crippen LogP contribution in [0.15, 0.2) is 47.2 Å². The SMILES string of the molecule is COC(=O)C1=C(C)N(C2CCCCC2)C(=O)/C1=C\c1ccccc1. The van der Waals surface area contributed by atoms with Crippen LogP contribution in [-0.2, 0) is 14.3 Å². The third-order valence-electron chi connectivity index (χ3n) is 4.88. The van der Waals surface area contributed by atoms with Gasteiger partial charge in [0.05, 0.1) is 18.3 Å². The zero-order chi connectivity index (χ0) is 17.1. The topological polar surface area (TPSA) is 46.6 Å². The molecule has 1 aliphatic heterocycles. The molecule has 126 valence electrons. The number of benzene rings is 1. The fourth-order valence-corrected chi connectivity index (χ4v) is 3.69. The van der Waals surface area contributed by atoms with Gasteiger partial charge in [0.25, 0.3) is 5.91 Å². The molecule has 1 saturated carbocycles. The van der Waals surface area contributed by atoms with Crippen LogP contribution in [0.2, 0.25) is 0 Å². The van der Waals surface area contributed by atoms with E-state index >= 15 is 0 Å². The average Bonchev–Trinajstić information content (AvgIpc) is 2.86. The Labute approximate surface area is 142 Å². The number of amides is 1. The predicted octanol–water partition coefficient (Wildman–Crippen LogP) is 3.69. The van der Waals surface area contributed by atoms with Gasteiger partial charge in [0.2, 0.25) is 0 Å². The highest BCUT2D eigenvalue weighted by Gasteiger charge is 2.40. The fraction of sp³-hybridized carbons (Fsp3) is 0.400. The van der Waals surface area contributed by atoms with Crippen LogP contribution < -0.4 is 0 Å². The Bertz CT molecular complexity index is 697. The fourth-order valence-electron chi connectivity index (χ4n) is 3.69. The highest BCUT2D eigenvalue weighted by molar-refractivity contribution is 6.16. The Hall–Kier alpha value is -2.36. The minimum Gasteiger partial charge on any atom is -0.465 e. The van der Waals surface area contributed by atoms with Crippen molar-refractivity contribution in [3.8, 4) is 0 Å². The van der Waals surface area contributed by atoms with Crippen LogP contribution in [0.3, 0.4) is 0 Å². The highest BCUT2D eigenvalue weighted by Crippen LogP contribution is 2.36. The van der Waals surface area contributed by atoms with Crippen molar-refractivity contribution >= 4 is 18.0 Å². The first-order valence-corrected chi connectivity index (χ1v) is 8.53. The summed E-state index contributed by atoms with van der Waals surface area (Å²) < 4.78 is 4.94. The molecule has 1 aromatic rings. The predicted molar refractivity (Wildman–Crippen MR) is 92.9 cm³/mol. The summed E-state index contributed by atoms with van der Waals surface area (Å²) >= 11 is 0. The summed E-state index contributed by atoms with van der Waals surface area (Å²) in [4.78, 5) is 27.2. The Morgan fingerprint density at radius 2 is 1.83 bits per heavy atom. The maximum absolute atomic E-state index is 13.1. The minimum atomic E-state index is -0.443. The maximum Gasteiger partial charge on any atom is 0.340 e. The molecule has 4 nitrogen and oxygen atoms in total. The van der Waals surface area contributed by atoms with Crippen molar-refractivity contribution in [1.82, 2.24) is 4.90 Å². The number of carbonyl (C=O) groups is 2. The Morgan fingerprint density at radius 1 is 1.17 bits per heavy atom. The summed E-state index contributed by atoms with van der Waals surface area (Å²) in [5.74, 6) is -0.523. The van der Waals surface area contributed by atoms with Crippen LogP contribution in [0.4, 0.5) is 0 Å². The van der Waals surface area contributed by atoms with E-state index in [4.69, 9.17) is 4.74 Å². The van der Waals surface area contributed by atoms with Crippen LogP contribution in [0.25, 0.3) is 6.08 Å². The van der Waals surface area contributed by atoms with Gasteiger partial charge < -0.3 is 9.64 Å². The lowest BCUT2D eigenvalue weighted by molar-refractivity contribution is -0.136. The first-order chi connectivity index (χ1) is 11.6. The number of hydrogen-bond donors (Lipinski definition) is 0. The number of esters is 1.